The molecular weight excluding hydrogens is 332 g/mol. The first-order chi connectivity index (χ1) is 13.2. The van der Waals surface area contributed by atoms with Crippen LogP contribution in [0.15, 0.2) is 22.3 Å². The number of carbonyl (C=O) groups is 2. The highest BCUT2D eigenvalue weighted by molar-refractivity contribution is 6.01. The molecule has 4 aliphatic rings. The fraction of sp³-hybridized carbons (Fsp3) is 0.760. The molecule has 4 saturated carbocycles. The maximum absolute atomic E-state index is 13.2. The number of Topliss-reactive ketones (excluding diaryl/α,β-unsaturated/α-hetero) is 2. The lowest BCUT2D eigenvalue weighted by Gasteiger charge is -2.32. The minimum absolute atomic E-state index is 0.118. The summed E-state index contributed by atoms with van der Waals surface area (Å²) in [5.74, 6) is 1.08. The van der Waals surface area contributed by atoms with Crippen molar-refractivity contribution in [2.24, 2.45) is 11.8 Å². The molecule has 4 aliphatic carbocycles. The standard InChI is InChI=1S/C25H36O2/c26-24-20(13-7-15-22(24)18-9-3-1-4-10-18)17-21-14-8-16-23(25(21)27)19-11-5-2-6-12-19/h20-21H,1-17H2/t20-,21-/m0/s1. The van der Waals surface area contributed by atoms with Crippen molar-refractivity contribution in [3.8, 4) is 0 Å². The van der Waals surface area contributed by atoms with Crippen LogP contribution in [-0.2, 0) is 9.59 Å². The van der Waals surface area contributed by atoms with E-state index in [0.29, 0.717) is 11.6 Å². The van der Waals surface area contributed by atoms with Crippen molar-refractivity contribution in [2.75, 3.05) is 0 Å². The molecule has 27 heavy (non-hydrogen) atoms. The van der Waals surface area contributed by atoms with Crippen molar-refractivity contribution in [1.29, 1.82) is 0 Å². The van der Waals surface area contributed by atoms with Gasteiger partial charge in [0, 0.05) is 11.8 Å². The minimum atomic E-state index is 0.118. The zero-order valence-corrected chi connectivity index (χ0v) is 17.0. The van der Waals surface area contributed by atoms with Gasteiger partial charge in [-0.05, 0) is 107 Å². The second-order valence-electron chi connectivity index (χ2n) is 9.43. The van der Waals surface area contributed by atoms with Gasteiger partial charge in [0.15, 0.2) is 11.6 Å². The molecule has 0 amide bonds. The van der Waals surface area contributed by atoms with Gasteiger partial charge in [0.2, 0.25) is 0 Å². The van der Waals surface area contributed by atoms with Gasteiger partial charge in [-0.25, -0.2) is 0 Å². The van der Waals surface area contributed by atoms with Crippen LogP contribution in [0.2, 0.25) is 0 Å². The van der Waals surface area contributed by atoms with Gasteiger partial charge in [-0.15, -0.1) is 0 Å². The third-order valence-electron chi connectivity index (χ3n) is 7.63. The lowest BCUT2D eigenvalue weighted by Crippen LogP contribution is -2.30. The van der Waals surface area contributed by atoms with E-state index in [9.17, 15) is 9.59 Å². The van der Waals surface area contributed by atoms with Crippen LogP contribution in [0.25, 0.3) is 0 Å². The largest absolute Gasteiger partial charge is 0.294 e. The molecule has 0 aromatic rings. The van der Waals surface area contributed by atoms with Gasteiger partial charge < -0.3 is 0 Å². The summed E-state index contributed by atoms with van der Waals surface area (Å²) in [4.78, 5) is 26.4. The first-order valence-electron chi connectivity index (χ1n) is 11.7. The van der Waals surface area contributed by atoms with Gasteiger partial charge in [0.25, 0.3) is 0 Å². The number of rotatable bonds is 2. The summed E-state index contributed by atoms with van der Waals surface area (Å²) in [7, 11) is 0. The fourth-order valence-electron chi connectivity index (χ4n) is 6.11. The Kier molecular flexibility index (Phi) is 6.30. The van der Waals surface area contributed by atoms with E-state index in [2.05, 4.69) is 0 Å². The summed E-state index contributed by atoms with van der Waals surface area (Å²) in [5, 5.41) is 0. The van der Waals surface area contributed by atoms with Crippen LogP contribution < -0.4 is 0 Å². The minimum Gasteiger partial charge on any atom is -0.294 e. The molecule has 2 nitrogen and oxygen atoms in total. The third-order valence-corrected chi connectivity index (χ3v) is 7.63. The fourth-order valence-corrected chi connectivity index (χ4v) is 6.11. The Bertz CT molecular complexity index is 579. The quantitative estimate of drug-likeness (QED) is 0.512. The van der Waals surface area contributed by atoms with Gasteiger partial charge >= 0.3 is 0 Å². The molecule has 0 radical (unpaired) electrons. The predicted octanol–water partition coefficient (Wildman–Crippen LogP) is 6.64. The highest BCUT2D eigenvalue weighted by Gasteiger charge is 2.35. The smallest absolute Gasteiger partial charge is 0.161 e. The molecule has 0 heterocycles. The van der Waals surface area contributed by atoms with Crippen molar-refractivity contribution in [1.82, 2.24) is 0 Å². The number of allylic oxidation sites excluding steroid dienone is 4. The molecule has 0 unspecified atom stereocenters. The van der Waals surface area contributed by atoms with Crippen LogP contribution >= 0.6 is 0 Å². The first-order valence-corrected chi connectivity index (χ1v) is 11.7. The number of hydrogen-bond acceptors (Lipinski definition) is 2. The Morgan fingerprint density at radius 1 is 0.519 bits per heavy atom. The summed E-state index contributed by atoms with van der Waals surface area (Å²) in [6.07, 6.45) is 19.4. The van der Waals surface area contributed by atoms with E-state index >= 15 is 0 Å². The number of ketones is 2. The maximum atomic E-state index is 13.2. The van der Waals surface area contributed by atoms with Crippen molar-refractivity contribution in [2.45, 2.75) is 109 Å². The molecule has 4 fully saturated rings. The zero-order chi connectivity index (χ0) is 18.6. The van der Waals surface area contributed by atoms with Crippen LogP contribution in [0, 0.1) is 11.8 Å². The summed E-state index contributed by atoms with van der Waals surface area (Å²) >= 11 is 0. The van der Waals surface area contributed by atoms with Crippen molar-refractivity contribution in [3.05, 3.63) is 22.3 Å². The van der Waals surface area contributed by atoms with E-state index in [1.165, 1.54) is 60.8 Å². The van der Waals surface area contributed by atoms with Gasteiger partial charge in [-0.1, -0.05) is 24.0 Å². The van der Waals surface area contributed by atoms with E-state index < -0.39 is 0 Å². The highest BCUT2D eigenvalue weighted by atomic mass is 16.1. The molecule has 0 spiro atoms. The summed E-state index contributed by atoms with van der Waals surface area (Å²) in [6.45, 7) is 0. The van der Waals surface area contributed by atoms with E-state index in [0.717, 1.165) is 70.6 Å². The molecule has 0 aliphatic heterocycles. The van der Waals surface area contributed by atoms with Gasteiger partial charge in [0.1, 0.15) is 0 Å². The van der Waals surface area contributed by atoms with E-state index in [1.54, 1.807) is 0 Å². The molecule has 0 N–H and O–H groups in total. The van der Waals surface area contributed by atoms with Crippen LogP contribution in [0.3, 0.4) is 0 Å². The van der Waals surface area contributed by atoms with Crippen LogP contribution in [0.1, 0.15) is 109 Å². The van der Waals surface area contributed by atoms with Crippen LogP contribution in [0.4, 0.5) is 0 Å². The van der Waals surface area contributed by atoms with Crippen molar-refractivity contribution in [3.63, 3.8) is 0 Å². The maximum Gasteiger partial charge on any atom is 0.161 e. The summed E-state index contributed by atoms with van der Waals surface area (Å²) in [6, 6.07) is 0. The molecule has 0 aromatic carbocycles. The molecule has 148 valence electrons. The topological polar surface area (TPSA) is 34.1 Å². The molecule has 2 atom stereocenters. The van der Waals surface area contributed by atoms with Crippen LogP contribution in [0.5, 0.6) is 0 Å². The Morgan fingerprint density at radius 2 is 0.926 bits per heavy atom. The highest BCUT2D eigenvalue weighted by Crippen LogP contribution is 2.40. The van der Waals surface area contributed by atoms with E-state index in [1.807, 2.05) is 0 Å². The second-order valence-corrected chi connectivity index (χ2v) is 9.43. The summed E-state index contributed by atoms with van der Waals surface area (Å²) in [5.41, 5.74) is 5.30. The van der Waals surface area contributed by atoms with Gasteiger partial charge in [0.05, 0.1) is 0 Å². The molecule has 0 bridgehead atoms. The Hall–Kier alpha value is -1.18. The van der Waals surface area contributed by atoms with E-state index in [4.69, 9.17) is 0 Å². The van der Waals surface area contributed by atoms with Crippen molar-refractivity contribution >= 4 is 11.6 Å². The van der Waals surface area contributed by atoms with Gasteiger partial charge in [-0.2, -0.15) is 0 Å². The summed E-state index contributed by atoms with van der Waals surface area (Å²) < 4.78 is 0. The van der Waals surface area contributed by atoms with E-state index in [-0.39, 0.29) is 11.8 Å². The average Bonchev–Trinajstić information content (AvgIpc) is 2.72. The lowest BCUT2D eigenvalue weighted by atomic mass is 9.71. The SMILES string of the molecule is O=C1C(=C2CCCCC2)CCC[C@H]1C[C@@H]1CCCC(=C2CCCCC2)C1=O. The molecule has 0 aromatic heterocycles. The van der Waals surface area contributed by atoms with Crippen LogP contribution in [-0.4, -0.2) is 11.6 Å². The normalized spacial score (nSPS) is 30.8. The number of hydrogen-bond donors (Lipinski definition) is 0. The average molecular weight is 369 g/mol. The lowest BCUT2D eigenvalue weighted by molar-refractivity contribution is -0.124. The number of carbonyl (C=O) groups excluding carboxylic acids is 2. The molecule has 4 rings (SSSR count). The first kappa shape index (κ1) is 19.2. The second kappa shape index (κ2) is 8.88. The third kappa shape index (κ3) is 4.30. The monoisotopic (exact) mass is 368 g/mol. The van der Waals surface area contributed by atoms with Crippen molar-refractivity contribution < 1.29 is 9.59 Å². The zero-order valence-electron chi connectivity index (χ0n) is 17.0. The Balaban J connectivity index is 1.46. The predicted molar refractivity (Wildman–Crippen MR) is 110 cm³/mol. The molecule has 2 heteroatoms. The Labute approximate surface area is 164 Å². The molecule has 0 saturated heterocycles. The molecular formula is C25H36O2. The van der Waals surface area contributed by atoms with Gasteiger partial charge in [-0.3, -0.25) is 9.59 Å². The Morgan fingerprint density at radius 3 is 1.33 bits per heavy atom.